The molecule has 1 aliphatic rings. The van der Waals surface area contributed by atoms with Gasteiger partial charge >= 0.3 is 0 Å². The van der Waals surface area contributed by atoms with E-state index in [1.807, 2.05) is 23.6 Å². The molecule has 1 fully saturated rings. The van der Waals surface area contributed by atoms with Crippen molar-refractivity contribution in [2.24, 2.45) is 0 Å². The molecule has 1 aromatic carbocycles. The van der Waals surface area contributed by atoms with Crippen LogP contribution in [0.25, 0.3) is 0 Å². The summed E-state index contributed by atoms with van der Waals surface area (Å²) in [6.45, 7) is 7.05. The van der Waals surface area contributed by atoms with E-state index in [4.69, 9.17) is 0 Å². The third kappa shape index (κ3) is 3.36. The maximum atomic E-state index is 12.3. The number of carbonyl (C=O) groups excluding carboxylic acids is 1. The fourth-order valence-electron chi connectivity index (χ4n) is 2.48. The largest absolute Gasteiger partial charge is 0.322 e. The van der Waals surface area contributed by atoms with Crippen molar-refractivity contribution in [2.75, 3.05) is 12.8 Å². The Hall–Kier alpha value is -1.00. The predicted octanol–water partition coefficient (Wildman–Crippen LogP) is 2.96. The second kappa shape index (κ2) is 6.64. The third-order valence-corrected chi connectivity index (χ3v) is 4.99. The van der Waals surface area contributed by atoms with Crippen molar-refractivity contribution >= 4 is 17.7 Å². The number of carbonyl (C=O) groups is 1. The summed E-state index contributed by atoms with van der Waals surface area (Å²) in [6.07, 6.45) is 3.17. The van der Waals surface area contributed by atoms with Crippen LogP contribution in [0.2, 0.25) is 0 Å². The Morgan fingerprint density at radius 1 is 1.35 bits per heavy atom. The van der Waals surface area contributed by atoms with Gasteiger partial charge in [0.25, 0.3) is 0 Å². The summed E-state index contributed by atoms with van der Waals surface area (Å²) in [5.41, 5.74) is 2.42. The summed E-state index contributed by atoms with van der Waals surface area (Å²) in [4.78, 5) is 14.3. The number of aryl methyl sites for hydroxylation is 1. The molecule has 4 heteroatoms. The zero-order valence-electron chi connectivity index (χ0n) is 12.7. The van der Waals surface area contributed by atoms with E-state index in [2.05, 4.69) is 49.7 Å². The van der Waals surface area contributed by atoms with Gasteiger partial charge in [-0.05, 0) is 32.1 Å². The van der Waals surface area contributed by atoms with Crippen LogP contribution in [0.4, 0.5) is 0 Å². The van der Waals surface area contributed by atoms with Crippen molar-refractivity contribution in [1.29, 1.82) is 0 Å². The highest BCUT2D eigenvalue weighted by molar-refractivity contribution is 7.99. The van der Waals surface area contributed by atoms with E-state index in [9.17, 15) is 4.79 Å². The average Bonchev–Trinajstić information content (AvgIpc) is 2.73. The van der Waals surface area contributed by atoms with E-state index in [1.165, 1.54) is 11.1 Å². The number of nitrogens with one attached hydrogen (secondary N) is 1. The number of nitrogens with zero attached hydrogens (tertiary/aromatic N) is 1. The summed E-state index contributed by atoms with van der Waals surface area (Å²) in [5.74, 6) is 0.212. The molecule has 20 heavy (non-hydrogen) atoms. The highest BCUT2D eigenvalue weighted by Gasteiger charge is 2.36. The Morgan fingerprint density at radius 3 is 2.60 bits per heavy atom. The first-order valence-electron chi connectivity index (χ1n) is 7.19. The van der Waals surface area contributed by atoms with Gasteiger partial charge < -0.3 is 4.90 Å². The molecule has 110 valence electrons. The van der Waals surface area contributed by atoms with Crippen molar-refractivity contribution < 1.29 is 4.79 Å². The van der Waals surface area contributed by atoms with Crippen LogP contribution in [0.3, 0.4) is 0 Å². The van der Waals surface area contributed by atoms with E-state index < -0.39 is 0 Å². The molecule has 0 radical (unpaired) electrons. The molecule has 1 amide bonds. The minimum absolute atomic E-state index is 0.0205. The molecule has 0 saturated carbocycles. The van der Waals surface area contributed by atoms with Gasteiger partial charge in [-0.15, -0.1) is 0 Å². The van der Waals surface area contributed by atoms with Crippen LogP contribution >= 0.6 is 11.8 Å². The molecule has 3 nitrogen and oxygen atoms in total. The number of benzene rings is 1. The van der Waals surface area contributed by atoms with Gasteiger partial charge in [-0.1, -0.05) is 36.8 Å². The van der Waals surface area contributed by atoms with Crippen molar-refractivity contribution in [3.63, 3.8) is 0 Å². The molecule has 1 aliphatic heterocycles. The van der Waals surface area contributed by atoms with Crippen LogP contribution in [0.1, 0.15) is 37.6 Å². The lowest BCUT2D eigenvalue weighted by Gasteiger charge is -2.25. The highest BCUT2D eigenvalue weighted by atomic mass is 32.2. The molecule has 1 saturated heterocycles. The Balaban J connectivity index is 2.13. The maximum absolute atomic E-state index is 12.3. The van der Waals surface area contributed by atoms with Gasteiger partial charge in [0.1, 0.15) is 6.17 Å². The summed E-state index contributed by atoms with van der Waals surface area (Å²) in [6, 6.07) is 8.35. The third-order valence-electron chi connectivity index (χ3n) is 3.95. The van der Waals surface area contributed by atoms with Crippen LogP contribution in [0.15, 0.2) is 24.3 Å². The second-order valence-corrected chi connectivity index (χ2v) is 6.84. The molecular weight excluding hydrogens is 268 g/mol. The van der Waals surface area contributed by atoms with Gasteiger partial charge in [-0.25, -0.2) is 0 Å². The Labute approximate surface area is 126 Å². The minimum Gasteiger partial charge on any atom is -0.322 e. The lowest BCUT2D eigenvalue weighted by atomic mass is 10.1. The number of hydrogen-bond donors (Lipinski definition) is 1. The normalized spacial score (nSPS) is 24.2. The first-order valence-corrected chi connectivity index (χ1v) is 8.47. The number of thioether (sulfide) groups is 1. The van der Waals surface area contributed by atoms with Crippen LogP contribution in [0.5, 0.6) is 0 Å². The number of hydrogen-bond acceptors (Lipinski definition) is 3. The molecule has 3 unspecified atom stereocenters. The molecule has 1 heterocycles. The van der Waals surface area contributed by atoms with E-state index >= 15 is 0 Å². The van der Waals surface area contributed by atoms with Crippen molar-refractivity contribution in [1.82, 2.24) is 10.2 Å². The Bertz CT molecular complexity index is 460. The molecule has 1 aromatic rings. The lowest BCUT2D eigenvalue weighted by molar-refractivity contribution is -0.129. The van der Waals surface area contributed by atoms with Crippen molar-refractivity contribution in [3.05, 3.63) is 35.4 Å². The minimum atomic E-state index is -0.0918. The zero-order valence-corrected chi connectivity index (χ0v) is 13.5. The molecule has 1 N–H and O–H groups in total. The standard InChI is InChI=1S/C16H24N2OS/c1-11-5-7-14(8-6-11)15-17-13(3)16(19)18(15)10-9-12(2)20-4/h5-8,12-13,15,17H,9-10H2,1-4H3. The molecule has 0 bridgehead atoms. The molecule has 0 aliphatic carbocycles. The topological polar surface area (TPSA) is 32.3 Å². The predicted molar refractivity (Wildman–Crippen MR) is 85.8 cm³/mol. The van der Waals surface area contributed by atoms with Crippen LogP contribution in [-0.4, -0.2) is 34.9 Å². The molecule has 0 aromatic heterocycles. The summed E-state index contributed by atoms with van der Waals surface area (Å²) >= 11 is 1.85. The van der Waals surface area contributed by atoms with E-state index in [0.29, 0.717) is 5.25 Å². The lowest BCUT2D eigenvalue weighted by Crippen LogP contribution is -2.32. The summed E-state index contributed by atoms with van der Waals surface area (Å²) in [7, 11) is 0. The second-order valence-electron chi connectivity index (χ2n) is 5.57. The van der Waals surface area contributed by atoms with Crippen LogP contribution < -0.4 is 5.32 Å². The maximum Gasteiger partial charge on any atom is 0.241 e. The number of amides is 1. The SMILES string of the molecule is CSC(C)CCN1C(=O)C(C)NC1c1ccc(C)cc1. The van der Waals surface area contributed by atoms with Crippen molar-refractivity contribution in [3.8, 4) is 0 Å². The van der Waals surface area contributed by atoms with Gasteiger partial charge in [0.05, 0.1) is 6.04 Å². The van der Waals surface area contributed by atoms with Crippen LogP contribution in [-0.2, 0) is 4.79 Å². The Kier molecular flexibility index (Phi) is 5.11. The molecule has 3 atom stereocenters. The first-order chi connectivity index (χ1) is 9.52. The van der Waals surface area contributed by atoms with Gasteiger partial charge in [0, 0.05) is 11.8 Å². The monoisotopic (exact) mass is 292 g/mol. The average molecular weight is 292 g/mol. The van der Waals surface area contributed by atoms with Crippen molar-refractivity contribution in [2.45, 2.75) is 44.6 Å². The first kappa shape index (κ1) is 15.4. The van der Waals surface area contributed by atoms with Gasteiger partial charge in [-0.3, -0.25) is 10.1 Å². The molecule has 0 spiro atoms. The molecule has 2 rings (SSSR count). The summed E-state index contributed by atoms with van der Waals surface area (Å²) < 4.78 is 0. The van der Waals surface area contributed by atoms with Gasteiger partial charge in [-0.2, -0.15) is 11.8 Å². The van der Waals surface area contributed by atoms with E-state index in [1.54, 1.807) is 0 Å². The quantitative estimate of drug-likeness (QED) is 0.905. The van der Waals surface area contributed by atoms with E-state index in [-0.39, 0.29) is 18.1 Å². The summed E-state index contributed by atoms with van der Waals surface area (Å²) in [5, 5.41) is 3.98. The van der Waals surface area contributed by atoms with Crippen LogP contribution in [0, 0.1) is 6.92 Å². The highest BCUT2D eigenvalue weighted by Crippen LogP contribution is 2.26. The molecular formula is C16H24N2OS. The fraction of sp³-hybridized carbons (Fsp3) is 0.562. The fourth-order valence-corrected chi connectivity index (χ4v) is 2.82. The van der Waals surface area contributed by atoms with E-state index in [0.717, 1.165) is 13.0 Å². The van der Waals surface area contributed by atoms with Gasteiger partial charge in [0.15, 0.2) is 0 Å². The zero-order chi connectivity index (χ0) is 14.7. The number of rotatable bonds is 5. The van der Waals surface area contributed by atoms with Gasteiger partial charge in [0.2, 0.25) is 5.91 Å². The smallest absolute Gasteiger partial charge is 0.241 e. The Morgan fingerprint density at radius 2 is 2.00 bits per heavy atom.